The minimum atomic E-state index is 0.633. The number of anilines is 1. The highest BCUT2D eigenvalue weighted by Crippen LogP contribution is 2.25. The molecule has 19 heavy (non-hydrogen) atoms. The van der Waals surface area contributed by atoms with E-state index in [4.69, 9.17) is 10.6 Å². The quantitative estimate of drug-likeness (QED) is 0.496. The summed E-state index contributed by atoms with van der Waals surface area (Å²) < 4.78 is 5.19. The number of nitrogens with one attached hydrogen (secondary N) is 1. The molecule has 0 radical (unpaired) electrons. The summed E-state index contributed by atoms with van der Waals surface area (Å²) in [5.74, 6) is 8.28. The predicted molar refractivity (Wildman–Crippen MR) is 77.1 cm³/mol. The molecular weight excluding hydrogens is 260 g/mol. The third-order valence-corrected chi connectivity index (χ3v) is 3.45. The fourth-order valence-electron chi connectivity index (χ4n) is 1.61. The van der Waals surface area contributed by atoms with Crippen molar-refractivity contribution in [2.75, 3.05) is 12.5 Å². The van der Waals surface area contributed by atoms with Crippen LogP contribution >= 0.6 is 11.8 Å². The van der Waals surface area contributed by atoms with Crippen LogP contribution in [0.5, 0.6) is 5.75 Å². The van der Waals surface area contributed by atoms with E-state index >= 15 is 0 Å². The van der Waals surface area contributed by atoms with E-state index in [0.29, 0.717) is 11.6 Å². The number of aromatic nitrogens is 2. The molecule has 0 aliphatic rings. The van der Waals surface area contributed by atoms with Crippen molar-refractivity contribution in [2.45, 2.75) is 17.6 Å². The minimum absolute atomic E-state index is 0.633. The van der Waals surface area contributed by atoms with Gasteiger partial charge >= 0.3 is 0 Å². The largest absolute Gasteiger partial charge is 0.497 e. The molecule has 0 fully saturated rings. The molecule has 0 aliphatic heterocycles. The van der Waals surface area contributed by atoms with Gasteiger partial charge in [-0.15, -0.1) is 11.8 Å². The molecule has 0 saturated carbocycles. The standard InChI is InChI=1S/C13H16N4OS/c1-9-6-12(17-14)16-13(15-9)8-19-11-5-3-4-10(7-11)18-2/h3-7H,8,14H2,1-2H3,(H,15,16,17). The van der Waals surface area contributed by atoms with Gasteiger partial charge in [-0.1, -0.05) is 6.07 Å². The molecule has 1 aromatic heterocycles. The number of methoxy groups -OCH3 is 1. The predicted octanol–water partition coefficient (Wildman–Crippen LogP) is 2.37. The summed E-state index contributed by atoms with van der Waals surface area (Å²) >= 11 is 1.66. The number of hydrogen-bond acceptors (Lipinski definition) is 6. The molecule has 6 heteroatoms. The zero-order valence-electron chi connectivity index (χ0n) is 10.9. The highest BCUT2D eigenvalue weighted by molar-refractivity contribution is 7.98. The molecule has 0 spiro atoms. The molecule has 0 aliphatic carbocycles. The van der Waals surface area contributed by atoms with Gasteiger partial charge in [0.2, 0.25) is 0 Å². The topological polar surface area (TPSA) is 73.1 Å². The number of benzene rings is 1. The lowest BCUT2D eigenvalue weighted by Crippen LogP contribution is -2.10. The van der Waals surface area contributed by atoms with E-state index in [1.165, 1.54) is 0 Å². The summed E-state index contributed by atoms with van der Waals surface area (Å²) in [4.78, 5) is 9.81. The van der Waals surface area contributed by atoms with Crippen molar-refractivity contribution < 1.29 is 4.74 Å². The fourth-order valence-corrected chi connectivity index (χ4v) is 2.41. The Morgan fingerprint density at radius 3 is 2.89 bits per heavy atom. The van der Waals surface area contributed by atoms with Gasteiger partial charge in [0.05, 0.1) is 12.9 Å². The molecular formula is C13H16N4OS. The van der Waals surface area contributed by atoms with E-state index in [-0.39, 0.29) is 0 Å². The number of thioether (sulfide) groups is 1. The van der Waals surface area contributed by atoms with Crippen LogP contribution in [0.4, 0.5) is 5.82 Å². The maximum Gasteiger partial charge on any atom is 0.143 e. The Bertz CT molecular complexity index is 562. The SMILES string of the molecule is COc1cccc(SCc2nc(C)cc(NN)n2)c1. The van der Waals surface area contributed by atoms with Gasteiger partial charge in [0.15, 0.2) is 0 Å². The molecule has 0 bridgehead atoms. The molecule has 0 saturated heterocycles. The molecule has 3 N–H and O–H groups in total. The molecule has 0 unspecified atom stereocenters. The Kier molecular flexibility index (Phi) is 4.59. The van der Waals surface area contributed by atoms with Crippen LogP contribution in [0.25, 0.3) is 0 Å². The first-order valence-corrected chi connectivity index (χ1v) is 6.78. The minimum Gasteiger partial charge on any atom is -0.497 e. The van der Waals surface area contributed by atoms with E-state index in [2.05, 4.69) is 15.4 Å². The Morgan fingerprint density at radius 2 is 2.16 bits per heavy atom. The average molecular weight is 276 g/mol. The van der Waals surface area contributed by atoms with Crippen molar-refractivity contribution in [1.29, 1.82) is 0 Å². The normalized spacial score (nSPS) is 10.3. The van der Waals surface area contributed by atoms with Gasteiger partial charge in [0, 0.05) is 16.7 Å². The maximum atomic E-state index is 5.37. The highest BCUT2D eigenvalue weighted by atomic mass is 32.2. The van der Waals surface area contributed by atoms with Crippen molar-refractivity contribution in [1.82, 2.24) is 9.97 Å². The molecule has 100 valence electrons. The summed E-state index contributed by atoms with van der Waals surface area (Å²) in [7, 11) is 1.66. The van der Waals surface area contributed by atoms with Crippen LogP contribution < -0.4 is 16.0 Å². The number of rotatable bonds is 5. The molecule has 5 nitrogen and oxygen atoms in total. The van der Waals surface area contributed by atoms with E-state index in [1.807, 2.05) is 31.2 Å². The lowest BCUT2D eigenvalue weighted by atomic mass is 10.3. The lowest BCUT2D eigenvalue weighted by molar-refractivity contribution is 0.413. The van der Waals surface area contributed by atoms with Gasteiger partial charge in [-0.05, 0) is 25.1 Å². The van der Waals surface area contributed by atoms with Gasteiger partial charge in [0.25, 0.3) is 0 Å². The van der Waals surface area contributed by atoms with Gasteiger partial charge in [-0.2, -0.15) is 0 Å². The van der Waals surface area contributed by atoms with Crippen LogP contribution in [-0.4, -0.2) is 17.1 Å². The second kappa shape index (κ2) is 6.40. The second-order valence-electron chi connectivity index (χ2n) is 3.92. The molecule has 2 rings (SSSR count). The van der Waals surface area contributed by atoms with Gasteiger partial charge < -0.3 is 10.2 Å². The van der Waals surface area contributed by atoms with Gasteiger partial charge in [-0.25, -0.2) is 15.8 Å². The third kappa shape index (κ3) is 3.84. The monoisotopic (exact) mass is 276 g/mol. The Morgan fingerprint density at radius 1 is 1.32 bits per heavy atom. The Balaban J connectivity index is 2.07. The third-order valence-electron chi connectivity index (χ3n) is 2.46. The van der Waals surface area contributed by atoms with Crippen molar-refractivity contribution in [3.05, 3.63) is 41.9 Å². The smallest absolute Gasteiger partial charge is 0.143 e. The zero-order valence-corrected chi connectivity index (χ0v) is 11.7. The first-order valence-electron chi connectivity index (χ1n) is 5.79. The van der Waals surface area contributed by atoms with Crippen LogP contribution in [0, 0.1) is 6.92 Å². The number of aryl methyl sites for hydroxylation is 1. The Hall–Kier alpha value is -1.79. The van der Waals surface area contributed by atoms with Crippen LogP contribution in [0.3, 0.4) is 0 Å². The summed E-state index contributed by atoms with van der Waals surface area (Å²) in [5, 5.41) is 0. The summed E-state index contributed by atoms with van der Waals surface area (Å²) in [6.45, 7) is 1.92. The lowest BCUT2D eigenvalue weighted by Gasteiger charge is -2.06. The van der Waals surface area contributed by atoms with E-state index < -0.39 is 0 Å². The highest BCUT2D eigenvalue weighted by Gasteiger charge is 2.03. The fraction of sp³-hybridized carbons (Fsp3) is 0.231. The van der Waals surface area contributed by atoms with Crippen molar-refractivity contribution in [2.24, 2.45) is 5.84 Å². The van der Waals surface area contributed by atoms with Crippen molar-refractivity contribution in [3.63, 3.8) is 0 Å². The van der Waals surface area contributed by atoms with Crippen LogP contribution in [0.15, 0.2) is 35.2 Å². The number of ether oxygens (including phenoxy) is 1. The number of hydrazine groups is 1. The first kappa shape index (κ1) is 13.6. The molecule has 1 aromatic carbocycles. The second-order valence-corrected chi connectivity index (χ2v) is 4.97. The summed E-state index contributed by atoms with van der Waals surface area (Å²) in [5.41, 5.74) is 3.44. The summed E-state index contributed by atoms with van der Waals surface area (Å²) in [6.07, 6.45) is 0. The van der Waals surface area contributed by atoms with E-state index in [1.54, 1.807) is 24.9 Å². The van der Waals surface area contributed by atoms with Crippen molar-refractivity contribution >= 4 is 17.6 Å². The number of nitrogen functional groups attached to an aromatic ring is 1. The molecule has 0 amide bonds. The summed E-state index contributed by atoms with van der Waals surface area (Å²) in [6, 6.07) is 9.71. The van der Waals surface area contributed by atoms with Gasteiger partial charge in [-0.3, -0.25) is 0 Å². The molecule has 0 atom stereocenters. The van der Waals surface area contributed by atoms with Crippen LogP contribution in [0.1, 0.15) is 11.5 Å². The van der Waals surface area contributed by atoms with Gasteiger partial charge in [0.1, 0.15) is 17.4 Å². The number of nitrogens with two attached hydrogens (primary N) is 1. The average Bonchev–Trinajstić information content (AvgIpc) is 2.44. The molecule has 1 heterocycles. The van der Waals surface area contributed by atoms with Crippen LogP contribution in [-0.2, 0) is 5.75 Å². The van der Waals surface area contributed by atoms with E-state index in [0.717, 1.165) is 22.2 Å². The van der Waals surface area contributed by atoms with E-state index in [9.17, 15) is 0 Å². The van der Waals surface area contributed by atoms with Crippen molar-refractivity contribution in [3.8, 4) is 5.75 Å². The zero-order chi connectivity index (χ0) is 13.7. The Labute approximate surface area is 116 Å². The molecule has 2 aromatic rings. The first-order chi connectivity index (χ1) is 9.21. The van der Waals surface area contributed by atoms with Crippen LogP contribution in [0.2, 0.25) is 0 Å². The maximum absolute atomic E-state index is 5.37. The number of hydrogen-bond donors (Lipinski definition) is 2. The number of nitrogens with zero attached hydrogens (tertiary/aromatic N) is 2.